The van der Waals surface area contributed by atoms with Gasteiger partial charge in [-0.1, -0.05) is 54.7 Å². The Bertz CT molecular complexity index is 1260. The number of thiocarbonyl (C=S) groups is 1. The summed E-state index contributed by atoms with van der Waals surface area (Å²) in [6.45, 7) is 0. The van der Waals surface area contributed by atoms with Crippen LogP contribution in [-0.4, -0.2) is 33.7 Å². The molecule has 0 saturated carbocycles. The number of pyridine rings is 1. The maximum absolute atomic E-state index is 12.8. The van der Waals surface area contributed by atoms with Crippen LogP contribution >= 0.6 is 12.2 Å². The number of amides is 1. The summed E-state index contributed by atoms with van der Waals surface area (Å²) in [5.74, 6) is -1.15. The molecule has 1 aromatic heterocycles. The van der Waals surface area contributed by atoms with Crippen molar-refractivity contribution in [1.29, 1.82) is 0 Å². The number of anilines is 1. The average molecular weight is 422 g/mol. The normalized spacial score (nSPS) is 15.1. The highest BCUT2D eigenvalue weighted by Gasteiger charge is 2.36. The third-order valence-corrected chi connectivity index (χ3v) is 5.61. The summed E-state index contributed by atoms with van der Waals surface area (Å²) in [5.41, 5.74) is 1.60. The van der Waals surface area contributed by atoms with Gasteiger partial charge in [-0.05, 0) is 21.9 Å². The lowest BCUT2D eigenvalue weighted by Gasteiger charge is -2.18. The van der Waals surface area contributed by atoms with Gasteiger partial charge in [0.1, 0.15) is 6.04 Å². The molecule has 0 spiro atoms. The number of hydrogen-bond acceptors (Lipinski definition) is 5. The van der Waals surface area contributed by atoms with E-state index in [4.69, 9.17) is 17.0 Å². The third kappa shape index (κ3) is 3.35. The number of carboxylic acid groups (broad SMARTS) is 1. The molecular formula is C22H18N2O5S. The molecule has 0 radical (unpaired) electrons. The molecule has 1 atom stereocenters. The lowest BCUT2D eigenvalue weighted by atomic mass is 9.97. The van der Waals surface area contributed by atoms with Gasteiger partial charge in [0, 0.05) is 23.8 Å². The molecule has 0 bridgehead atoms. The topological polar surface area (TPSA) is 97.6 Å². The first-order valence-corrected chi connectivity index (χ1v) is 9.67. The number of nitrogens with one attached hydrogen (secondary N) is 1. The Balaban J connectivity index is 1.92. The van der Waals surface area contributed by atoms with Crippen LogP contribution in [0.1, 0.15) is 29.3 Å². The number of rotatable bonds is 4. The standard InChI is InChI=1S/C22H18N2O5S/c1-29-22(28)23-19-14(9-13-7-4-6-12-5-2-3-8-15(12)13)10-18(25)24-16(21(26)27)11-17(30)20(19)24/h2-8,10,16H,9,11H2,1H3,(H,23,28)(H,26,27)/t16-/m1/s1. The zero-order valence-corrected chi connectivity index (χ0v) is 16.9. The number of fused-ring (bicyclic) bond motifs is 2. The molecule has 30 heavy (non-hydrogen) atoms. The zero-order valence-electron chi connectivity index (χ0n) is 16.0. The van der Waals surface area contributed by atoms with Gasteiger partial charge < -0.3 is 9.84 Å². The molecule has 8 heteroatoms. The molecule has 1 amide bonds. The number of hydrogen-bond donors (Lipinski definition) is 2. The molecule has 1 aliphatic rings. The Labute approximate surface area is 176 Å². The summed E-state index contributed by atoms with van der Waals surface area (Å²) in [4.78, 5) is 36.8. The van der Waals surface area contributed by atoms with E-state index in [2.05, 4.69) is 5.32 Å². The Morgan fingerprint density at radius 2 is 1.93 bits per heavy atom. The van der Waals surface area contributed by atoms with Gasteiger partial charge in [0.2, 0.25) is 0 Å². The van der Waals surface area contributed by atoms with Gasteiger partial charge in [-0.3, -0.25) is 14.7 Å². The van der Waals surface area contributed by atoms with Crippen LogP contribution in [0.5, 0.6) is 0 Å². The molecule has 2 N–H and O–H groups in total. The molecule has 2 heterocycles. The van der Waals surface area contributed by atoms with E-state index in [-0.39, 0.29) is 12.1 Å². The number of aromatic nitrogens is 1. The highest BCUT2D eigenvalue weighted by molar-refractivity contribution is 7.80. The van der Waals surface area contributed by atoms with E-state index in [1.165, 1.54) is 13.2 Å². The van der Waals surface area contributed by atoms with Crippen LogP contribution in [0.15, 0.2) is 53.3 Å². The van der Waals surface area contributed by atoms with E-state index in [0.717, 1.165) is 20.9 Å². The molecule has 0 unspecified atom stereocenters. The summed E-state index contributed by atoms with van der Waals surface area (Å²) in [6, 6.07) is 14.0. The summed E-state index contributed by atoms with van der Waals surface area (Å²) in [6.07, 6.45) is -0.352. The van der Waals surface area contributed by atoms with E-state index < -0.39 is 23.7 Å². The van der Waals surface area contributed by atoms with Crippen molar-refractivity contribution in [3.8, 4) is 0 Å². The monoisotopic (exact) mass is 422 g/mol. The maximum atomic E-state index is 12.8. The molecule has 4 rings (SSSR count). The molecule has 152 valence electrons. The van der Waals surface area contributed by atoms with Crippen LogP contribution in [0.25, 0.3) is 10.8 Å². The van der Waals surface area contributed by atoms with Crippen LogP contribution in [0.4, 0.5) is 10.5 Å². The molecule has 0 fully saturated rings. The number of ether oxygens (including phenoxy) is 1. The molecule has 0 saturated heterocycles. The second-order valence-electron chi connectivity index (χ2n) is 7.01. The molecule has 2 aromatic carbocycles. The zero-order chi connectivity index (χ0) is 21.4. The average Bonchev–Trinajstić information content (AvgIpc) is 3.09. The number of benzene rings is 2. The summed E-state index contributed by atoms with van der Waals surface area (Å²) in [7, 11) is 1.23. The molecule has 1 aliphatic heterocycles. The second kappa shape index (κ2) is 7.72. The lowest BCUT2D eigenvalue weighted by molar-refractivity contribution is -0.140. The number of carbonyl (C=O) groups excluding carboxylic acids is 1. The van der Waals surface area contributed by atoms with Crippen molar-refractivity contribution >= 4 is 45.6 Å². The highest BCUT2D eigenvalue weighted by atomic mass is 32.1. The van der Waals surface area contributed by atoms with Crippen molar-refractivity contribution in [2.24, 2.45) is 0 Å². The van der Waals surface area contributed by atoms with Gasteiger partial charge in [-0.2, -0.15) is 0 Å². The van der Waals surface area contributed by atoms with Gasteiger partial charge in [0.15, 0.2) is 0 Å². The Kier molecular flexibility index (Phi) is 5.09. The van der Waals surface area contributed by atoms with Crippen molar-refractivity contribution in [3.05, 3.63) is 75.7 Å². The predicted octanol–water partition coefficient (Wildman–Crippen LogP) is 3.52. The van der Waals surface area contributed by atoms with Crippen LogP contribution < -0.4 is 10.9 Å². The first-order chi connectivity index (χ1) is 14.4. The summed E-state index contributed by atoms with van der Waals surface area (Å²) in [5, 5.41) is 14.2. The fourth-order valence-corrected chi connectivity index (χ4v) is 4.26. The number of carboxylic acids is 1. The SMILES string of the molecule is COC(=O)Nc1c(Cc2cccc3ccccc23)cc(=O)n2c1C(=S)C[C@@H]2C(=O)O. The van der Waals surface area contributed by atoms with E-state index in [0.29, 0.717) is 22.5 Å². The fraction of sp³-hybridized carbons (Fsp3) is 0.182. The van der Waals surface area contributed by atoms with Crippen LogP contribution in [0, 0.1) is 0 Å². The van der Waals surface area contributed by atoms with Crippen molar-refractivity contribution in [3.63, 3.8) is 0 Å². The number of methoxy groups -OCH3 is 1. The van der Waals surface area contributed by atoms with Crippen molar-refractivity contribution in [2.45, 2.75) is 18.9 Å². The number of nitrogens with zero attached hydrogens (tertiary/aromatic N) is 1. The molecule has 3 aromatic rings. The van der Waals surface area contributed by atoms with E-state index in [1.54, 1.807) is 0 Å². The van der Waals surface area contributed by atoms with Gasteiger partial charge in [0.05, 0.1) is 18.5 Å². The smallest absolute Gasteiger partial charge is 0.411 e. The van der Waals surface area contributed by atoms with Crippen LogP contribution in [0.2, 0.25) is 0 Å². The van der Waals surface area contributed by atoms with E-state index in [9.17, 15) is 19.5 Å². The maximum Gasteiger partial charge on any atom is 0.411 e. The molecule has 7 nitrogen and oxygen atoms in total. The van der Waals surface area contributed by atoms with Crippen molar-refractivity contribution < 1.29 is 19.4 Å². The largest absolute Gasteiger partial charge is 0.480 e. The summed E-state index contributed by atoms with van der Waals surface area (Å²) >= 11 is 5.39. The van der Waals surface area contributed by atoms with E-state index in [1.807, 2.05) is 42.5 Å². The minimum absolute atomic E-state index is 0.0213. The highest BCUT2D eigenvalue weighted by Crippen LogP contribution is 2.34. The minimum Gasteiger partial charge on any atom is -0.480 e. The van der Waals surface area contributed by atoms with Crippen molar-refractivity contribution in [1.82, 2.24) is 4.57 Å². The first-order valence-electron chi connectivity index (χ1n) is 9.26. The minimum atomic E-state index is -1.15. The Hall–Kier alpha value is -3.52. The van der Waals surface area contributed by atoms with Gasteiger partial charge >= 0.3 is 12.1 Å². The predicted molar refractivity (Wildman–Crippen MR) is 116 cm³/mol. The lowest BCUT2D eigenvalue weighted by Crippen LogP contribution is -2.29. The first kappa shape index (κ1) is 19.8. The Morgan fingerprint density at radius 1 is 1.20 bits per heavy atom. The van der Waals surface area contributed by atoms with Gasteiger partial charge in [-0.15, -0.1) is 0 Å². The van der Waals surface area contributed by atoms with Gasteiger partial charge in [0.25, 0.3) is 5.56 Å². The van der Waals surface area contributed by atoms with Gasteiger partial charge in [-0.25, -0.2) is 9.59 Å². The van der Waals surface area contributed by atoms with Crippen LogP contribution in [-0.2, 0) is 16.0 Å². The third-order valence-electron chi connectivity index (χ3n) is 5.25. The van der Waals surface area contributed by atoms with E-state index >= 15 is 0 Å². The second-order valence-corrected chi connectivity index (χ2v) is 7.51. The number of carbonyl (C=O) groups is 2. The van der Waals surface area contributed by atoms with Crippen molar-refractivity contribution in [2.75, 3.05) is 12.4 Å². The van der Waals surface area contributed by atoms with Crippen LogP contribution in [0.3, 0.4) is 0 Å². The Morgan fingerprint density at radius 3 is 2.67 bits per heavy atom. The fourth-order valence-electron chi connectivity index (χ4n) is 3.90. The quantitative estimate of drug-likeness (QED) is 0.625. The molecular weight excluding hydrogens is 404 g/mol. The number of aliphatic carboxylic acids is 1. The summed E-state index contributed by atoms with van der Waals surface area (Å²) < 4.78 is 5.87. The molecule has 0 aliphatic carbocycles.